The predicted octanol–water partition coefficient (Wildman–Crippen LogP) is 4.64. The Balaban J connectivity index is 1.50. The van der Waals surface area contributed by atoms with Crippen LogP contribution in [-0.4, -0.2) is 12.6 Å². The van der Waals surface area contributed by atoms with Gasteiger partial charge in [0.05, 0.1) is 10.7 Å². The Kier molecular flexibility index (Phi) is 5.01. The first kappa shape index (κ1) is 15.4. The molecule has 0 bridgehead atoms. The molecule has 3 nitrogen and oxygen atoms in total. The molecular weight excluding hydrogens is 316 g/mol. The number of urea groups is 1. The summed E-state index contributed by atoms with van der Waals surface area (Å²) < 4.78 is 0. The summed E-state index contributed by atoms with van der Waals surface area (Å²) in [4.78, 5) is 13.4. The zero-order valence-corrected chi connectivity index (χ0v) is 13.9. The fraction of sp³-hybridized carbons (Fsp3) is 0.353. The van der Waals surface area contributed by atoms with Crippen LogP contribution in [0, 0.1) is 0 Å². The highest BCUT2D eigenvalue weighted by Gasteiger charge is 2.15. The number of rotatable bonds is 4. The molecule has 116 valence electrons. The van der Waals surface area contributed by atoms with E-state index < -0.39 is 0 Å². The van der Waals surface area contributed by atoms with Crippen LogP contribution in [0.15, 0.2) is 29.6 Å². The first-order valence-corrected chi connectivity index (χ1v) is 8.87. The minimum absolute atomic E-state index is 0.211. The fourth-order valence-electron chi connectivity index (χ4n) is 2.81. The Bertz CT molecular complexity index is 668. The summed E-state index contributed by atoms with van der Waals surface area (Å²) in [5, 5.41) is 8.47. The quantitative estimate of drug-likeness (QED) is 0.840. The standard InChI is InChI=1S/C17H19ClN2OS/c18-14-6-2-3-7-15(14)20-17(21)19-10-9-12-11-22-16-8-4-1-5-13(12)16/h2-3,6-7,11H,1,4-5,8-10H2,(H2,19,20,21). The molecule has 2 aromatic rings. The maximum absolute atomic E-state index is 11.9. The number of carbonyl (C=O) groups excluding carboxylic acids is 1. The molecule has 1 aromatic carbocycles. The maximum atomic E-state index is 11.9. The summed E-state index contributed by atoms with van der Waals surface area (Å²) in [5.41, 5.74) is 3.57. The molecular formula is C17H19ClN2OS. The zero-order valence-electron chi connectivity index (χ0n) is 12.3. The third-order valence-corrected chi connectivity index (χ3v) is 5.42. The Labute approximate surface area is 139 Å². The van der Waals surface area contributed by atoms with Crippen LogP contribution in [0.5, 0.6) is 0 Å². The molecule has 0 atom stereocenters. The molecule has 2 amide bonds. The molecule has 22 heavy (non-hydrogen) atoms. The second-order valence-electron chi connectivity index (χ2n) is 5.48. The summed E-state index contributed by atoms with van der Waals surface area (Å²) in [6, 6.07) is 7.02. The van der Waals surface area contributed by atoms with Crippen molar-refractivity contribution in [2.24, 2.45) is 0 Å². The highest BCUT2D eigenvalue weighted by molar-refractivity contribution is 7.10. The van der Waals surface area contributed by atoms with Crippen molar-refractivity contribution in [3.05, 3.63) is 50.7 Å². The van der Waals surface area contributed by atoms with Crippen molar-refractivity contribution in [3.63, 3.8) is 0 Å². The van der Waals surface area contributed by atoms with Crippen LogP contribution < -0.4 is 10.6 Å². The van der Waals surface area contributed by atoms with E-state index in [1.807, 2.05) is 23.5 Å². The number of para-hydroxylation sites is 1. The number of anilines is 1. The highest BCUT2D eigenvalue weighted by Crippen LogP contribution is 2.30. The average molecular weight is 335 g/mol. The van der Waals surface area contributed by atoms with E-state index in [0.29, 0.717) is 17.3 Å². The van der Waals surface area contributed by atoms with Crippen LogP contribution in [0.3, 0.4) is 0 Å². The number of hydrogen-bond acceptors (Lipinski definition) is 2. The normalized spacial score (nSPS) is 13.5. The van der Waals surface area contributed by atoms with Gasteiger partial charge in [-0.3, -0.25) is 0 Å². The van der Waals surface area contributed by atoms with E-state index in [1.54, 1.807) is 17.0 Å². The number of thiophene rings is 1. The van der Waals surface area contributed by atoms with Crippen molar-refractivity contribution < 1.29 is 4.79 Å². The fourth-order valence-corrected chi connectivity index (χ4v) is 4.18. The molecule has 2 N–H and O–H groups in total. The van der Waals surface area contributed by atoms with Gasteiger partial charge in [-0.15, -0.1) is 11.3 Å². The Morgan fingerprint density at radius 1 is 1.23 bits per heavy atom. The number of nitrogens with one attached hydrogen (secondary N) is 2. The van der Waals surface area contributed by atoms with Crippen molar-refractivity contribution >= 4 is 34.7 Å². The van der Waals surface area contributed by atoms with E-state index in [1.165, 1.54) is 36.8 Å². The van der Waals surface area contributed by atoms with Gasteiger partial charge in [-0.1, -0.05) is 23.7 Å². The minimum atomic E-state index is -0.211. The van der Waals surface area contributed by atoms with Gasteiger partial charge in [0.15, 0.2) is 0 Å². The largest absolute Gasteiger partial charge is 0.338 e. The first-order chi connectivity index (χ1) is 10.7. The molecule has 1 heterocycles. The lowest BCUT2D eigenvalue weighted by Gasteiger charge is -2.13. The zero-order chi connectivity index (χ0) is 15.4. The third-order valence-electron chi connectivity index (χ3n) is 3.95. The van der Waals surface area contributed by atoms with Crippen molar-refractivity contribution in [2.75, 3.05) is 11.9 Å². The maximum Gasteiger partial charge on any atom is 0.319 e. The molecule has 1 aliphatic rings. The molecule has 0 radical (unpaired) electrons. The second kappa shape index (κ2) is 7.16. The van der Waals surface area contributed by atoms with Gasteiger partial charge in [0.1, 0.15) is 0 Å². The van der Waals surface area contributed by atoms with E-state index in [4.69, 9.17) is 11.6 Å². The van der Waals surface area contributed by atoms with E-state index in [0.717, 1.165) is 6.42 Å². The molecule has 0 saturated heterocycles. The number of amides is 2. The second-order valence-corrected chi connectivity index (χ2v) is 6.85. The number of carbonyl (C=O) groups is 1. The van der Waals surface area contributed by atoms with Crippen LogP contribution in [0.1, 0.15) is 28.8 Å². The molecule has 0 saturated carbocycles. The molecule has 0 aliphatic heterocycles. The van der Waals surface area contributed by atoms with E-state index in [-0.39, 0.29) is 6.03 Å². The highest BCUT2D eigenvalue weighted by atomic mass is 35.5. The number of halogens is 1. The lowest BCUT2D eigenvalue weighted by molar-refractivity contribution is 0.252. The number of hydrogen-bond donors (Lipinski definition) is 2. The van der Waals surface area contributed by atoms with Gasteiger partial charge in [-0.05, 0) is 60.7 Å². The van der Waals surface area contributed by atoms with Crippen molar-refractivity contribution in [2.45, 2.75) is 32.1 Å². The van der Waals surface area contributed by atoms with Gasteiger partial charge in [0.25, 0.3) is 0 Å². The molecule has 0 fully saturated rings. The molecule has 3 rings (SSSR count). The summed E-state index contributed by atoms with van der Waals surface area (Å²) >= 11 is 7.89. The van der Waals surface area contributed by atoms with Gasteiger partial charge in [-0.25, -0.2) is 4.79 Å². The summed E-state index contributed by atoms with van der Waals surface area (Å²) in [7, 11) is 0. The van der Waals surface area contributed by atoms with Crippen LogP contribution in [0.2, 0.25) is 5.02 Å². The van der Waals surface area contributed by atoms with Crippen LogP contribution in [0.25, 0.3) is 0 Å². The SMILES string of the molecule is O=C(NCCc1csc2c1CCCC2)Nc1ccccc1Cl. The van der Waals surface area contributed by atoms with Gasteiger partial charge in [0.2, 0.25) is 0 Å². The lowest BCUT2D eigenvalue weighted by atomic mass is 9.95. The van der Waals surface area contributed by atoms with Crippen LogP contribution in [0.4, 0.5) is 10.5 Å². The molecule has 0 spiro atoms. The van der Waals surface area contributed by atoms with Crippen molar-refractivity contribution in [1.29, 1.82) is 0 Å². The molecule has 0 unspecified atom stereocenters. The lowest BCUT2D eigenvalue weighted by Crippen LogP contribution is -2.30. The van der Waals surface area contributed by atoms with Crippen LogP contribution >= 0.6 is 22.9 Å². The molecule has 1 aromatic heterocycles. The Morgan fingerprint density at radius 3 is 2.91 bits per heavy atom. The van der Waals surface area contributed by atoms with Gasteiger partial charge in [-0.2, -0.15) is 0 Å². The number of fused-ring (bicyclic) bond motifs is 1. The predicted molar refractivity (Wildman–Crippen MR) is 93.1 cm³/mol. The monoisotopic (exact) mass is 334 g/mol. The van der Waals surface area contributed by atoms with E-state index in [2.05, 4.69) is 16.0 Å². The van der Waals surface area contributed by atoms with Crippen molar-refractivity contribution in [3.8, 4) is 0 Å². The summed E-state index contributed by atoms with van der Waals surface area (Å²) in [6.07, 6.45) is 5.91. The van der Waals surface area contributed by atoms with Crippen LogP contribution in [-0.2, 0) is 19.3 Å². The van der Waals surface area contributed by atoms with E-state index >= 15 is 0 Å². The summed E-state index contributed by atoms with van der Waals surface area (Å²) in [6.45, 7) is 0.638. The molecule has 1 aliphatic carbocycles. The van der Waals surface area contributed by atoms with Gasteiger partial charge in [0, 0.05) is 11.4 Å². The first-order valence-electron chi connectivity index (χ1n) is 7.61. The minimum Gasteiger partial charge on any atom is -0.338 e. The average Bonchev–Trinajstić information content (AvgIpc) is 2.93. The van der Waals surface area contributed by atoms with Gasteiger partial charge >= 0.3 is 6.03 Å². The summed E-state index contributed by atoms with van der Waals surface area (Å²) in [5.74, 6) is 0. The number of benzene rings is 1. The Morgan fingerprint density at radius 2 is 2.05 bits per heavy atom. The van der Waals surface area contributed by atoms with E-state index in [9.17, 15) is 4.79 Å². The molecule has 5 heteroatoms. The van der Waals surface area contributed by atoms with Crippen molar-refractivity contribution in [1.82, 2.24) is 5.32 Å². The van der Waals surface area contributed by atoms with Gasteiger partial charge < -0.3 is 10.6 Å². The third kappa shape index (κ3) is 3.62. The smallest absolute Gasteiger partial charge is 0.319 e. The topological polar surface area (TPSA) is 41.1 Å². The Hall–Kier alpha value is -1.52. The number of aryl methyl sites for hydroxylation is 1.